The van der Waals surface area contributed by atoms with E-state index >= 15 is 0 Å². The molecule has 0 aliphatic rings. The van der Waals surface area contributed by atoms with Gasteiger partial charge in [-0.25, -0.2) is 0 Å². The molecule has 0 fully saturated rings. The first-order chi connectivity index (χ1) is 9.08. The Morgan fingerprint density at radius 3 is 2.32 bits per heavy atom. The van der Waals surface area contributed by atoms with Crippen LogP contribution in [0.3, 0.4) is 0 Å². The van der Waals surface area contributed by atoms with Gasteiger partial charge in [0.25, 0.3) is 0 Å². The van der Waals surface area contributed by atoms with E-state index in [0.717, 1.165) is 0 Å². The molecular formula is C15H14O4. The van der Waals surface area contributed by atoms with Crippen LogP contribution in [0.25, 0.3) is 11.1 Å². The third-order valence-corrected chi connectivity index (χ3v) is 2.96. The summed E-state index contributed by atoms with van der Waals surface area (Å²) in [5, 5.41) is 19.5. The number of hydrogen-bond acceptors (Lipinski definition) is 4. The number of phenolic OH excluding ortho intramolecular Hbond substituents is 2. The Hall–Kier alpha value is -2.49. The zero-order valence-electron chi connectivity index (χ0n) is 10.7. The number of phenols is 2. The Balaban J connectivity index is 2.73. The van der Waals surface area contributed by atoms with Gasteiger partial charge in [-0.15, -0.1) is 0 Å². The molecule has 0 heterocycles. The van der Waals surface area contributed by atoms with Crippen molar-refractivity contribution in [2.45, 2.75) is 6.92 Å². The first-order valence-corrected chi connectivity index (χ1v) is 5.73. The van der Waals surface area contributed by atoms with Gasteiger partial charge in [-0.2, -0.15) is 0 Å². The summed E-state index contributed by atoms with van der Waals surface area (Å²) in [4.78, 5) is 11.2. The van der Waals surface area contributed by atoms with Gasteiger partial charge in [0.1, 0.15) is 5.75 Å². The van der Waals surface area contributed by atoms with E-state index in [0.29, 0.717) is 34.3 Å². The van der Waals surface area contributed by atoms with Gasteiger partial charge in [-0.1, -0.05) is 12.1 Å². The van der Waals surface area contributed by atoms with E-state index in [-0.39, 0.29) is 11.5 Å². The van der Waals surface area contributed by atoms with E-state index in [1.165, 1.54) is 19.2 Å². The van der Waals surface area contributed by atoms with Crippen molar-refractivity contribution >= 4 is 6.29 Å². The summed E-state index contributed by atoms with van der Waals surface area (Å²) < 4.78 is 5.15. The molecule has 0 radical (unpaired) electrons. The average molecular weight is 258 g/mol. The van der Waals surface area contributed by atoms with Gasteiger partial charge in [-0.05, 0) is 36.2 Å². The van der Waals surface area contributed by atoms with Crippen LogP contribution in [-0.4, -0.2) is 23.6 Å². The molecule has 98 valence electrons. The number of benzene rings is 2. The van der Waals surface area contributed by atoms with E-state index in [9.17, 15) is 15.0 Å². The van der Waals surface area contributed by atoms with E-state index in [1.807, 2.05) is 0 Å². The highest BCUT2D eigenvalue weighted by Crippen LogP contribution is 2.41. The molecule has 0 saturated heterocycles. The molecule has 4 heteroatoms. The second-order valence-corrected chi connectivity index (χ2v) is 4.20. The molecule has 0 atom stereocenters. The van der Waals surface area contributed by atoms with Crippen LogP contribution in [0.4, 0.5) is 0 Å². The van der Waals surface area contributed by atoms with Crippen molar-refractivity contribution in [1.82, 2.24) is 0 Å². The minimum absolute atomic E-state index is 0.0738. The third kappa shape index (κ3) is 2.25. The highest BCUT2D eigenvalue weighted by atomic mass is 16.5. The van der Waals surface area contributed by atoms with E-state index in [1.54, 1.807) is 25.1 Å². The van der Waals surface area contributed by atoms with E-state index in [4.69, 9.17) is 4.74 Å². The number of carbonyl (C=O) groups is 1. The van der Waals surface area contributed by atoms with Crippen molar-refractivity contribution in [3.05, 3.63) is 41.5 Å². The van der Waals surface area contributed by atoms with Crippen LogP contribution >= 0.6 is 0 Å². The standard InChI is InChI=1S/C15H14O4/c1-9-7-11(8-16)13(14(18)15(9)19-2)10-3-5-12(17)6-4-10/h3-8,17-18H,1-2H3. The maximum atomic E-state index is 11.2. The van der Waals surface area contributed by atoms with Gasteiger partial charge >= 0.3 is 0 Å². The zero-order valence-corrected chi connectivity index (χ0v) is 10.7. The molecule has 2 aromatic carbocycles. The number of aryl methyl sites for hydroxylation is 1. The highest BCUT2D eigenvalue weighted by Gasteiger charge is 2.17. The van der Waals surface area contributed by atoms with E-state index in [2.05, 4.69) is 0 Å². The molecule has 2 aromatic rings. The minimum atomic E-state index is -0.0738. The summed E-state index contributed by atoms with van der Waals surface area (Å²) in [7, 11) is 1.46. The van der Waals surface area contributed by atoms with Crippen LogP contribution in [0, 0.1) is 6.92 Å². The molecule has 19 heavy (non-hydrogen) atoms. The molecule has 0 aliphatic carbocycles. The van der Waals surface area contributed by atoms with Gasteiger partial charge in [0.2, 0.25) is 0 Å². The Labute approximate surface area is 110 Å². The van der Waals surface area contributed by atoms with Crippen molar-refractivity contribution in [1.29, 1.82) is 0 Å². The fourth-order valence-corrected chi connectivity index (χ4v) is 2.09. The summed E-state index contributed by atoms with van der Waals surface area (Å²) in [6, 6.07) is 7.91. The summed E-state index contributed by atoms with van der Waals surface area (Å²) in [5.74, 6) is 0.388. The first kappa shape index (κ1) is 13.0. The zero-order chi connectivity index (χ0) is 14.0. The molecule has 4 nitrogen and oxygen atoms in total. The van der Waals surface area contributed by atoms with Crippen LogP contribution in [0.15, 0.2) is 30.3 Å². The van der Waals surface area contributed by atoms with Crippen LogP contribution in [0.2, 0.25) is 0 Å². The predicted molar refractivity (Wildman–Crippen MR) is 71.9 cm³/mol. The highest BCUT2D eigenvalue weighted by molar-refractivity contribution is 5.92. The van der Waals surface area contributed by atoms with Crippen molar-refractivity contribution < 1.29 is 19.7 Å². The number of methoxy groups -OCH3 is 1. The van der Waals surface area contributed by atoms with Crippen LogP contribution in [-0.2, 0) is 0 Å². The quantitative estimate of drug-likeness (QED) is 0.831. The maximum Gasteiger partial charge on any atom is 0.166 e. The number of aromatic hydroxyl groups is 2. The Morgan fingerprint density at radius 2 is 1.79 bits per heavy atom. The smallest absolute Gasteiger partial charge is 0.166 e. The van der Waals surface area contributed by atoms with Crippen molar-refractivity contribution in [2.75, 3.05) is 7.11 Å². The fourth-order valence-electron chi connectivity index (χ4n) is 2.09. The lowest BCUT2D eigenvalue weighted by Crippen LogP contribution is -1.95. The average Bonchev–Trinajstić information content (AvgIpc) is 2.40. The molecule has 0 saturated carbocycles. The summed E-state index contributed by atoms with van der Waals surface area (Å²) in [6.07, 6.45) is 0.689. The second-order valence-electron chi connectivity index (χ2n) is 4.20. The molecule has 0 amide bonds. The molecule has 0 aromatic heterocycles. The summed E-state index contributed by atoms with van der Waals surface area (Å²) in [5.41, 5.74) is 2.10. The van der Waals surface area contributed by atoms with E-state index < -0.39 is 0 Å². The van der Waals surface area contributed by atoms with Crippen molar-refractivity contribution in [2.24, 2.45) is 0 Å². The molecule has 0 aliphatic heterocycles. The topological polar surface area (TPSA) is 66.8 Å². The van der Waals surface area contributed by atoms with Gasteiger partial charge in [-0.3, -0.25) is 4.79 Å². The molecule has 2 N–H and O–H groups in total. The van der Waals surface area contributed by atoms with Gasteiger partial charge < -0.3 is 14.9 Å². The Bertz CT molecular complexity index is 615. The van der Waals surface area contributed by atoms with Crippen LogP contribution < -0.4 is 4.74 Å². The number of hydrogen-bond donors (Lipinski definition) is 2. The predicted octanol–water partition coefficient (Wildman–Crippen LogP) is 2.89. The van der Waals surface area contributed by atoms with Crippen molar-refractivity contribution in [3.63, 3.8) is 0 Å². The molecule has 0 unspecified atom stereocenters. The van der Waals surface area contributed by atoms with Crippen LogP contribution in [0.5, 0.6) is 17.2 Å². The summed E-state index contributed by atoms with van der Waals surface area (Å²) in [6.45, 7) is 1.76. The SMILES string of the molecule is COc1c(C)cc(C=O)c(-c2ccc(O)cc2)c1O. The molecule has 0 spiro atoms. The molecule has 2 rings (SSSR count). The lowest BCUT2D eigenvalue weighted by Gasteiger charge is -2.14. The fraction of sp³-hybridized carbons (Fsp3) is 0.133. The third-order valence-electron chi connectivity index (χ3n) is 2.96. The van der Waals surface area contributed by atoms with Gasteiger partial charge in [0.05, 0.1) is 7.11 Å². The summed E-state index contributed by atoms with van der Waals surface area (Å²) >= 11 is 0. The largest absolute Gasteiger partial charge is 0.508 e. The van der Waals surface area contributed by atoms with Gasteiger partial charge in [0, 0.05) is 11.1 Å². The second kappa shape index (κ2) is 5.02. The molecular weight excluding hydrogens is 244 g/mol. The van der Waals surface area contributed by atoms with Gasteiger partial charge in [0.15, 0.2) is 17.8 Å². The normalized spacial score (nSPS) is 10.2. The van der Waals surface area contributed by atoms with Crippen LogP contribution in [0.1, 0.15) is 15.9 Å². The Morgan fingerprint density at radius 1 is 1.16 bits per heavy atom. The monoisotopic (exact) mass is 258 g/mol. The minimum Gasteiger partial charge on any atom is -0.508 e. The Kier molecular flexibility index (Phi) is 3.42. The first-order valence-electron chi connectivity index (χ1n) is 5.73. The lowest BCUT2D eigenvalue weighted by molar-refractivity contribution is 0.112. The number of carbonyl (C=O) groups excluding carboxylic acids is 1. The lowest BCUT2D eigenvalue weighted by atomic mass is 9.96. The maximum absolute atomic E-state index is 11.2. The van der Waals surface area contributed by atoms with Crippen molar-refractivity contribution in [3.8, 4) is 28.4 Å². The number of ether oxygens (including phenoxy) is 1. The molecule has 0 bridgehead atoms. The number of rotatable bonds is 3. The number of aldehydes is 1.